The van der Waals surface area contributed by atoms with E-state index in [-0.39, 0.29) is 0 Å². The number of ether oxygens (including phenoxy) is 1. The summed E-state index contributed by atoms with van der Waals surface area (Å²) < 4.78 is 4.76. The second-order valence-electron chi connectivity index (χ2n) is 3.89. The normalized spacial score (nSPS) is 10.3. The number of anilines is 1. The molecule has 0 radical (unpaired) electrons. The van der Waals surface area contributed by atoms with Gasteiger partial charge in [-0.3, -0.25) is 0 Å². The van der Waals surface area contributed by atoms with Gasteiger partial charge in [0.2, 0.25) is 0 Å². The first-order valence-electron chi connectivity index (χ1n) is 5.47. The lowest BCUT2D eigenvalue weighted by molar-refractivity contribution is 0.0603. The fraction of sp³-hybridized carbons (Fsp3) is 0.0714. The molecule has 0 aliphatic rings. The van der Waals surface area contributed by atoms with Gasteiger partial charge in [-0.25, -0.2) is 4.79 Å². The van der Waals surface area contributed by atoms with Crippen LogP contribution in [0.3, 0.4) is 0 Å². The Balaban J connectivity index is 2.65. The number of benzene rings is 2. The van der Waals surface area contributed by atoms with Gasteiger partial charge in [-0.1, -0.05) is 41.4 Å². The lowest BCUT2D eigenvalue weighted by Crippen LogP contribution is -2.07. The standard InChI is InChI=1S/C14H11Cl2NO2/c1-19-14(18)13-9(3-2-4-12(13)17)8-5-6-10(15)11(16)7-8/h2-7H,17H2,1H3. The van der Waals surface area contributed by atoms with Crippen LogP contribution in [0.25, 0.3) is 11.1 Å². The molecule has 2 N–H and O–H groups in total. The summed E-state index contributed by atoms with van der Waals surface area (Å²) in [4.78, 5) is 11.8. The van der Waals surface area contributed by atoms with Crippen molar-refractivity contribution in [3.8, 4) is 11.1 Å². The highest BCUT2D eigenvalue weighted by molar-refractivity contribution is 6.42. The van der Waals surface area contributed by atoms with Crippen LogP contribution in [-0.4, -0.2) is 13.1 Å². The lowest BCUT2D eigenvalue weighted by Gasteiger charge is -2.11. The van der Waals surface area contributed by atoms with Crippen molar-refractivity contribution in [1.29, 1.82) is 0 Å². The van der Waals surface area contributed by atoms with E-state index in [2.05, 4.69) is 0 Å². The number of halogens is 2. The number of carbonyl (C=O) groups is 1. The number of nitrogen functional groups attached to an aromatic ring is 1. The number of rotatable bonds is 2. The Kier molecular flexibility index (Phi) is 3.98. The van der Waals surface area contributed by atoms with Crippen LogP contribution in [0.1, 0.15) is 10.4 Å². The Morgan fingerprint density at radius 1 is 1.16 bits per heavy atom. The van der Waals surface area contributed by atoms with Crippen molar-refractivity contribution in [3.63, 3.8) is 0 Å². The maximum atomic E-state index is 11.8. The first-order valence-corrected chi connectivity index (χ1v) is 6.22. The van der Waals surface area contributed by atoms with Gasteiger partial charge >= 0.3 is 5.97 Å². The molecule has 19 heavy (non-hydrogen) atoms. The van der Waals surface area contributed by atoms with Gasteiger partial charge in [0, 0.05) is 5.69 Å². The van der Waals surface area contributed by atoms with E-state index in [4.69, 9.17) is 33.7 Å². The van der Waals surface area contributed by atoms with E-state index >= 15 is 0 Å². The number of esters is 1. The van der Waals surface area contributed by atoms with Crippen molar-refractivity contribution in [2.75, 3.05) is 12.8 Å². The number of methoxy groups -OCH3 is 1. The zero-order valence-electron chi connectivity index (χ0n) is 10.1. The summed E-state index contributed by atoms with van der Waals surface area (Å²) in [6.07, 6.45) is 0. The topological polar surface area (TPSA) is 52.3 Å². The summed E-state index contributed by atoms with van der Waals surface area (Å²) in [5, 5.41) is 0.867. The van der Waals surface area contributed by atoms with E-state index in [1.54, 1.807) is 36.4 Å². The smallest absolute Gasteiger partial charge is 0.340 e. The van der Waals surface area contributed by atoms with Gasteiger partial charge in [0.05, 0.1) is 22.7 Å². The van der Waals surface area contributed by atoms with Crippen LogP contribution in [0.5, 0.6) is 0 Å². The van der Waals surface area contributed by atoms with Crippen LogP contribution in [0.15, 0.2) is 36.4 Å². The second-order valence-corrected chi connectivity index (χ2v) is 4.70. The SMILES string of the molecule is COC(=O)c1c(N)cccc1-c1ccc(Cl)c(Cl)c1. The molecule has 0 heterocycles. The van der Waals surface area contributed by atoms with Crippen LogP contribution in [0, 0.1) is 0 Å². The van der Waals surface area contributed by atoms with Crippen molar-refractivity contribution in [3.05, 3.63) is 52.0 Å². The third kappa shape index (κ3) is 2.67. The predicted octanol–water partition coefficient (Wildman–Crippen LogP) is 4.03. The fourth-order valence-corrected chi connectivity index (χ4v) is 2.10. The molecule has 5 heteroatoms. The van der Waals surface area contributed by atoms with Crippen molar-refractivity contribution in [2.45, 2.75) is 0 Å². The molecule has 2 rings (SSSR count). The van der Waals surface area contributed by atoms with E-state index in [1.165, 1.54) is 7.11 Å². The summed E-state index contributed by atoms with van der Waals surface area (Å²) in [5.74, 6) is -0.487. The van der Waals surface area contributed by atoms with Crippen LogP contribution in [0.4, 0.5) is 5.69 Å². The minimum atomic E-state index is -0.487. The van der Waals surface area contributed by atoms with Crippen molar-refractivity contribution >= 4 is 34.9 Å². The molecule has 0 saturated carbocycles. The predicted molar refractivity (Wildman–Crippen MR) is 77.6 cm³/mol. The summed E-state index contributed by atoms with van der Waals surface area (Å²) in [5.41, 5.74) is 7.93. The zero-order chi connectivity index (χ0) is 14.0. The van der Waals surface area contributed by atoms with E-state index < -0.39 is 5.97 Å². The summed E-state index contributed by atoms with van der Waals surface area (Å²) in [6.45, 7) is 0. The lowest BCUT2D eigenvalue weighted by atomic mass is 9.98. The molecule has 0 amide bonds. The minimum absolute atomic E-state index is 0.323. The Morgan fingerprint density at radius 3 is 2.53 bits per heavy atom. The Bertz CT molecular complexity index is 641. The highest BCUT2D eigenvalue weighted by Gasteiger charge is 2.17. The first-order chi connectivity index (χ1) is 9.04. The summed E-state index contributed by atoms with van der Waals surface area (Å²) in [7, 11) is 1.31. The Labute approximate surface area is 120 Å². The van der Waals surface area contributed by atoms with Crippen molar-refractivity contribution in [1.82, 2.24) is 0 Å². The maximum Gasteiger partial charge on any atom is 0.340 e. The Morgan fingerprint density at radius 2 is 1.89 bits per heavy atom. The highest BCUT2D eigenvalue weighted by Crippen LogP contribution is 2.32. The quantitative estimate of drug-likeness (QED) is 0.672. The molecule has 0 aliphatic heterocycles. The molecule has 0 unspecified atom stereocenters. The minimum Gasteiger partial charge on any atom is -0.465 e. The third-order valence-corrected chi connectivity index (χ3v) is 3.46. The second kappa shape index (κ2) is 5.51. The van der Waals surface area contributed by atoms with E-state index in [1.807, 2.05) is 0 Å². The largest absolute Gasteiger partial charge is 0.465 e. The molecule has 0 bridgehead atoms. The van der Waals surface area contributed by atoms with Gasteiger partial charge in [-0.15, -0.1) is 0 Å². The molecule has 0 aromatic heterocycles. The molecular formula is C14H11Cl2NO2. The summed E-state index contributed by atoms with van der Waals surface area (Å²) >= 11 is 11.9. The molecule has 2 aromatic carbocycles. The average Bonchev–Trinajstić information content (AvgIpc) is 2.41. The highest BCUT2D eigenvalue weighted by atomic mass is 35.5. The van der Waals surface area contributed by atoms with Crippen LogP contribution >= 0.6 is 23.2 Å². The molecule has 2 aromatic rings. The molecule has 3 nitrogen and oxygen atoms in total. The first kappa shape index (κ1) is 13.7. The third-order valence-electron chi connectivity index (χ3n) is 2.72. The molecule has 0 spiro atoms. The molecular weight excluding hydrogens is 285 g/mol. The number of nitrogens with two attached hydrogens (primary N) is 1. The number of carbonyl (C=O) groups excluding carboxylic acids is 1. The van der Waals surface area contributed by atoms with Gasteiger partial charge in [0.15, 0.2) is 0 Å². The van der Waals surface area contributed by atoms with Crippen LogP contribution in [0.2, 0.25) is 10.0 Å². The molecule has 0 atom stereocenters. The average molecular weight is 296 g/mol. The fourth-order valence-electron chi connectivity index (χ4n) is 1.80. The van der Waals surface area contributed by atoms with Gasteiger partial charge < -0.3 is 10.5 Å². The molecule has 0 aliphatic carbocycles. The van der Waals surface area contributed by atoms with E-state index in [0.717, 1.165) is 5.56 Å². The monoisotopic (exact) mass is 295 g/mol. The molecule has 0 fully saturated rings. The number of hydrogen-bond acceptors (Lipinski definition) is 3. The van der Waals surface area contributed by atoms with E-state index in [0.29, 0.717) is 26.9 Å². The Hall–Kier alpha value is -1.71. The van der Waals surface area contributed by atoms with Gasteiger partial charge in [0.25, 0.3) is 0 Å². The molecule has 0 saturated heterocycles. The molecule has 98 valence electrons. The maximum absolute atomic E-state index is 11.8. The number of hydrogen-bond donors (Lipinski definition) is 1. The van der Waals surface area contributed by atoms with Crippen molar-refractivity contribution in [2.24, 2.45) is 0 Å². The van der Waals surface area contributed by atoms with Crippen LogP contribution < -0.4 is 5.73 Å². The summed E-state index contributed by atoms with van der Waals surface area (Å²) in [6, 6.07) is 10.3. The van der Waals surface area contributed by atoms with Gasteiger partial charge in [0.1, 0.15) is 0 Å². The van der Waals surface area contributed by atoms with Gasteiger partial charge in [-0.2, -0.15) is 0 Å². The van der Waals surface area contributed by atoms with Crippen LogP contribution in [-0.2, 0) is 4.74 Å². The van der Waals surface area contributed by atoms with E-state index in [9.17, 15) is 4.79 Å². The van der Waals surface area contributed by atoms with Gasteiger partial charge in [-0.05, 0) is 29.3 Å². The van der Waals surface area contributed by atoms with Crippen molar-refractivity contribution < 1.29 is 9.53 Å². The zero-order valence-corrected chi connectivity index (χ0v) is 11.6.